The van der Waals surface area contributed by atoms with E-state index in [1.54, 1.807) is 11.3 Å². The fourth-order valence-electron chi connectivity index (χ4n) is 1.30. The largest absolute Gasteiger partial charge is 0.323 e. The van der Waals surface area contributed by atoms with Gasteiger partial charge in [-0.05, 0) is 20.2 Å². The van der Waals surface area contributed by atoms with Gasteiger partial charge in [0.1, 0.15) is 10.7 Å². The number of hydrogen-bond acceptors (Lipinski definition) is 5. The van der Waals surface area contributed by atoms with Crippen LogP contribution in [0.5, 0.6) is 0 Å². The lowest BCUT2D eigenvalue weighted by Crippen LogP contribution is -1.92. The normalized spacial score (nSPS) is 14.5. The second-order valence-corrected chi connectivity index (χ2v) is 6.90. The van der Waals surface area contributed by atoms with Gasteiger partial charge in [0.2, 0.25) is 0 Å². The highest BCUT2D eigenvalue weighted by molar-refractivity contribution is 14.2. The summed E-state index contributed by atoms with van der Waals surface area (Å²) in [7, 11) is 0. The van der Waals surface area contributed by atoms with Crippen molar-refractivity contribution in [2.75, 3.05) is 0 Å². The molecule has 0 fully saturated rings. The third-order valence-electron chi connectivity index (χ3n) is 2.06. The Labute approximate surface area is 115 Å². The van der Waals surface area contributed by atoms with Crippen molar-refractivity contribution in [2.45, 2.75) is 0 Å². The lowest BCUT2D eigenvalue weighted by atomic mass is 10.2. The van der Waals surface area contributed by atoms with Gasteiger partial charge < -0.3 is 0 Å². The van der Waals surface area contributed by atoms with Gasteiger partial charge in [0.15, 0.2) is 5.82 Å². The quantitative estimate of drug-likeness (QED) is 0.822. The van der Waals surface area contributed by atoms with E-state index in [4.69, 9.17) is 0 Å². The third kappa shape index (κ3) is 2.35. The van der Waals surface area contributed by atoms with Crippen LogP contribution >= 0.6 is 43.6 Å². The van der Waals surface area contributed by atoms with Crippen molar-refractivity contribution >= 4 is 53.2 Å². The summed E-state index contributed by atoms with van der Waals surface area (Å²) >= 11 is 2.58. The Hall–Kier alpha value is -0.930. The first-order valence-electron chi connectivity index (χ1n) is 4.67. The molecule has 17 heavy (non-hydrogen) atoms. The van der Waals surface area contributed by atoms with Crippen molar-refractivity contribution in [2.24, 2.45) is 0 Å². The number of nitrogens with zero attached hydrogens (tertiary/aromatic N) is 2. The minimum absolute atomic E-state index is 0.0979. The minimum Gasteiger partial charge on any atom is -0.294 e. The van der Waals surface area contributed by atoms with Gasteiger partial charge in [-0.25, -0.2) is 4.98 Å². The van der Waals surface area contributed by atoms with Crippen molar-refractivity contribution in [1.82, 2.24) is 14.3 Å². The van der Waals surface area contributed by atoms with Gasteiger partial charge in [-0.1, -0.05) is 20.7 Å². The van der Waals surface area contributed by atoms with E-state index in [1.165, 1.54) is 0 Å². The first-order chi connectivity index (χ1) is 8.33. The molecule has 4 nitrogen and oxygen atoms in total. The average molecular weight is 375 g/mol. The summed E-state index contributed by atoms with van der Waals surface area (Å²) in [4.78, 5) is 18.0. The van der Waals surface area contributed by atoms with Crippen LogP contribution in [0.25, 0.3) is 17.1 Å². The Balaban J connectivity index is 1.98. The predicted octanol–water partition coefficient (Wildman–Crippen LogP) is 2.64. The summed E-state index contributed by atoms with van der Waals surface area (Å²) in [5, 5.41) is 2.88. The fourth-order valence-corrected chi connectivity index (χ4v) is 4.00. The van der Waals surface area contributed by atoms with Gasteiger partial charge in [-0.3, -0.25) is 9.78 Å². The highest BCUT2D eigenvalue weighted by atomic mass is 127. The number of allylic oxidation sites excluding steroid dienone is 3. The molecular formula is C10H6IN3OS2. The van der Waals surface area contributed by atoms with Gasteiger partial charge in [0.25, 0.3) is 0 Å². The summed E-state index contributed by atoms with van der Waals surface area (Å²) in [5.41, 5.74) is 1.86. The summed E-state index contributed by atoms with van der Waals surface area (Å²) in [6.07, 6.45) is 4.22. The van der Waals surface area contributed by atoms with Crippen molar-refractivity contribution < 1.29 is 0 Å². The maximum absolute atomic E-state index is 11.0. The molecule has 2 aromatic rings. The maximum atomic E-state index is 11.0. The lowest BCUT2D eigenvalue weighted by Gasteiger charge is -1.97. The highest BCUT2D eigenvalue weighted by Gasteiger charge is 2.10. The second kappa shape index (κ2) is 4.75. The zero-order valence-electron chi connectivity index (χ0n) is 8.38. The standard InChI is InChI=1S/C10H6IN3OS2/c15-10-13-8(14-17-10)7-5-16-9(12-7)6-1-3-11-4-2-6/h1-5H,(H,13,14,15). The topological polar surface area (TPSA) is 58.6 Å². The first kappa shape index (κ1) is 11.2. The van der Waals surface area contributed by atoms with Crippen LogP contribution in [-0.2, 0) is 0 Å². The summed E-state index contributed by atoms with van der Waals surface area (Å²) in [6.45, 7) is 0. The van der Waals surface area contributed by atoms with Crippen LogP contribution in [-0.4, -0.2) is 18.4 Å². The zero-order chi connectivity index (χ0) is 11.7. The molecule has 0 spiro atoms. The molecule has 0 amide bonds. The van der Waals surface area contributed by atoms with Gasteiger partial charge >= 0.3 is 4.87 Å². The Morgan fingerprint density at radius 2 is 2.35 bits per heavy atom. The van der Waals surface area contributed by atoms with Crippen molar-refractivity contribution in [3.63, 3.8) is 0 Å². The van der Waals surface area contributed by atoms with Crippen molar-refractivity contribution in [3.8, 4) is 11.5 Å². The maximum Gasteiger partial charge on any atom is 0.323 e. The first-order valence-corrected chi connectivity index (χ1v) is 8.81. The number of rotatable bonds is 2. The van der Waals surface area contributed by atoms with E-state index >= 15 is 0 Å². The molecule has 7 heteroatoms. The molecule has 3 heterocycles. The van der Waals surface area contributed by atoms with Crippen LogP contribution in [0.3, 0.4) is 0 Å². The Morgan fingerprint density at radius 1 is 1.41 bits per heavy atom. The number of hydrogen-bond donors (Lipinski definition) is 1. The van der Waals surface area contributed by atoms with E-state index < -0.39 is 0 Å². The number of thiazole rings is 1. The van der Waals surface area contributed by atoms with Gasteiger partial charge in [0, 0.05) is 22.5 Å². The molecule has 0 radical (unpaired) electrons. The van der Waals surface area contributed by atoms with Gasteiger partial charge in [0.05, 0.1) is 0 Å². The van der Waals surface area contributed by atoms with Crippen LogP contribution < -0.4 is 4.87 Å². The molecular weight excluding hydrogens is 369 g/mol. The summed E-state index contributed by atoms with van der Waals surface area (Å²) < 4.78 is 8.44. The van der Waals surface area contributed by atoms with E-state index in [-0.39, 0.29) is 25.6 Å². The van der Waals surface area contributed by atoms with E-state index in [0.717, 1.165) is 27.8 Å². The van der Waals surface area contributed by atoms with Crippen LogP contribution in [0.15, 0.2) is 26.4 Å². The minimum atomic E-state index is -0.149. The molecule has 0 saturated carbocycles. The molecule has 0 unspecified atom stereocenters. The average Bonchev–Trinajstić information content (AvgIpc) is 2.98. The summed E-state index contributed by atoms with van der Waals surface area (Å²) in [6, 6.07) is 0. The lowest BCUT2D eigenvalue weighted by molar-refractivity contribution is 1.23. The van der Waals surface area contributed by atoms with E-state index in [1.807, 2.05) is 5.38 Å². The van der Waals surface area contributed by atoms with E-state index in [2.05, 4.69) is 34.6 Å². The number of H-pyrrole nitrogens is 1. The monoisotopic (exact) mass is 375 g/mol. The molecule has 3 rings (SSSR count). The second-order valence-electron chi connectivity index (χ2n) is 3.15. The number of aromatic nitrogens is 3. The molecule has 1 aliphatic heterocycles. The molecule has 1 N–H and O–H groups in total. The number of halogens is 1. The van der Waals surface area contributed by atoms with Crippen LogP contribution in [0.1, 0.15) is 5.01 Å². The zero-order valence-corrected chi connectivity index (χ0v) is 12.2. The van der Waals surface area contributed by atoms with Gasteiger partial charge in [-0.15, -0.1) is 11.3 Å². The van der Waals surface area contributed by atoms with Crippen LogP contribution in [0.2, 0.25) is 0 Å². The molecule has 86 valence electrons. The number of nitrogens with one attached hydrogen (secondary N) is 1. The predicted molar refractivity (Wildman–Crippen MR) is 81.0 cm³/mol. The molecule has 1 aliphatic rings. The number of aromatic amines is 1. The molecule has 2 aromatic heterocycles. The highest BCUT2D eigenvalue weighted by Crippen LogP contribution is 2.26. The van der Waals surface area contributed by atoms with Crippen LogP contribution in [0, 0.1) is 0 Å². The summed E-state index contributed by atoms with van der Waals surface area (Å²) in [5.74, 6) is 0.555. The Kier molecular flexibility index (Phi) is 3.12. The molecule has 0 aliphatic carbocycles. The Morgan fingerprint density at radius 3 is 3.06 bits per heavy atom. The SMILES string of the molecule is O=c1[nH]c(-c2csc(C3=CC=IC=C3)n2)ns1. The third-order valence-corrected chi connectivity index (χ3v) is 5.05. The van der Waals surface area contributed by atoms with Crippen LogP contribution in [0.4, 0.5) is 0 Å². The Bertz CT molecular complexity index is 692. The van der Waals surface area contributed by atoms with Crippen molar-refractivity contribution in [1.29, 1.82) is 0 Å². The van der Waals surface area contributed by atoms with E-state index in [0.29, 0.717) is 5.82 Å². The smallest absolute Gasteiger partial charge is 0.294 e. The molecule has 0 saturated heterocycles. The van der Waals surface area contributed by atoms with Crippen molar-refractivity contribution in [3.05, 3.63) is 36.3 Å². The van der Waals surface area contributed by atoms with Gasteiger partial charge in [-0.2, -0.15) is 4.37 Å². The molecule has 0 bridgehead atoms. The fraction of sp³-hybridized carbons (Fsp3) is 0. The van der Waals surface area contributed by atoms with E-state index in [9.17, 15) is 4.79 Å². The molecule has 0 aromatic carbocycles. The molecule has 0 atom stereocenters.